The molecule has 0 amide bonds. The minimum Gasteiger partial charge on any atom is -0.387 e. The second kappa shape index (κ2) is 6.40. The monoisotopic (exact) mass is 293 g/mol. The number of benzene rings is 1. The maximum atomic E-state index is 13.4. The molecule has 1 aromatic rings. The number of rotatable bonds is 6. The van der Waals surface area contributed by atoms with Crippen molar-refractivity contribution in [2.75, 3.05) is 32.1 Å². The van der Waals surface area contributed by atoms with Gasteiger partial charge in [-0.3, -0.25) is 0 Å². The third-order valence-corrected chi connectivity index (χ3v) is 3.57. The normalized spacial score (nSPS) is 13.8. The molecule has 0 spiro atoms. The van der Waals surface area contributed by atoms with E-state index in [-0.39, 0.29) is 24.4 Å². The summed E-state index contributed by atoms with van der Waals surface area (Å²) in [7, 11) is -1.46. The highest BCUT2D eigenvalue weighted by molar-refractivity contribution is 7.90. The summed E-state index contributed by atoms with van der Waals surface area (Å²) in [6, 6.07) is 2.95. The molecule has 4 nitrogen and oxygen atoms in total. The molecule has 1 rings (SSSR count). The van der Waals surface area contributed by atoms with Crippen molar-refractivity contribution in [1.82, 2.24) is 4.90 Å². The van der Waals surface area contributed by atoms with E-state index in [2.05, 4.69) is 0 Å². The van der Waals surface area contributed by atoms with Gasteiger partial charge >= 0.3 is 0 Å². The van der Waals surface area contributed by atoms with E-state index >= 15 is 0 Å². The van der Waals surface area contributed by atoms with Crippen molar-refractivity contribution < 1.29 is 22.3 Å². The van der Waals surface area contributed by atoms with Crippen LogP contribution < -0.4 is 0 Å². The lowest BCUT2D eigenvalue weighted by molar-refractivity contribution is 0.126. The summed E-state index contributed by atoms with van der Waals surface area (Å²) in [5.74, 6) is -1.56. The molecule has 0 aromatic heterocycles. The zero-order valence-electron chi connectivity index (χ0n) is 10.8. The number of halogens is 2. The first-order valence-electron chi connectivity index (χ1n) is 5.68. The lowest BCUT2D eigenvalue weighted by Crippen LogP contribution is -2.29. The topological polar surface area (TPSA) is 57.6 Å². The largest absolute Gasteiger partial charge is 0.387 e. The molecule has 0 radical (unpaired) electrons. The van der Waals surface area contributed by atoms with Crippen molar-refractivity contribution in [2.45, 2.75) is 6.10 Å². The van der Waals surface area contributed by atoms with Crippen LogP contribution in [0.3, 0.4) is 0 Å². The van der Waals surface area contributed by atoms with Crippen LogP contribution in [0.1, 0.15) is 11.7 Å². The molecule has 1 unspecified atom stereocenters. The van der Waals surface area contributed by atoms with Crippen molar-refractivity contribution in [3.63, 3.8) is 0 Å². The second-order valence-corrected chi connectivity index (χ2v) is 6.83. The fourth-order valence-electron chi connectivity index (χ4n) is 1.58. The minimum absolute atomic E-state index is 0.00685. The van der Waals surface area contributed by atoms with Crippen LogP contribution in [0.4, 0.5) is 8.78 Å². The van der Waals surface area contributed by atoms with Crippen LogP contribution in [-0.2, 0) is 9.84 Å². The molecule has 0 aliphatic rings. The standard InChI is InChI=1S/C12H17F2NO3S/c1-15(5-6-19(2,17)18)8-12(16)10-4-3-9(13)7-11(10)14/h3-4,7,12,16H,5-6,8H2,1-2H3. The number of nitrogens with zero attached hydrogens (tertiary/aromatic N) is 1. The van der Waals surface area contributed by atoms with E-state index in [1.807, 2.05) is 0 Å². The molecule has 0 saturated carbocycles. The molecule has 0 aliphatic carbocycles. The number of hydrogen-bond acceptors (Lipinski definition) is 4. The first-order valence-corrected chi connectivity index (χ1v) is 7.74. The van der Waals surface area contributed by atoms with Crippen LogP contribution >= 0.6 is 0 Å². The Labute approximate surface area is 111 Å². The summed E-state index contributed by atoms with van der Waals surface area (Å²) in [6.45, 7) is 0.302. The van der Waals surface area contributed by atoms with E-state index in [0.29, 0.717) is 6.07 Å². The van der Waals surface area contributed by atoms with Crippen molar-refractivity contribution in [1.29, 1.82) is 0 Å². The highest BCUT2D eigenvalue weighted by Crippen LogP contribution is 2.18. The third-order valence-electron chi connectivity index (χ3n) is 2.65. The average Bonchev–Trinajstić information content (AvgIpc) is 2.25. The Morgan fingerprint density at radius 2 is 2.00 bits per heavy atom. The van der Waals surface area contributed by atoms with E-state index in [1.54, 1.807) is 11.9 Å². The van der Waals surface area contributed by atoms with Gasteiger partial charge in [0.05, 0.1) is 11.9 Å². The summed E-state index contributed by atoms with van der Waals surface area (Å²) in [6.07, 6.45) is -0.0122. The Bertz CT molecular complexity index is 534. The molecular weight excluding hydrogens is 276 g/mol. The number of likely N-dealkylation sites (N-methyl/N-ethyl adjacent to an activating group) is 1. The van der Waals surface area contributed by atoms with Gasteiger partial charge in [0.1, 0.15) is 21.5 Å². The molecule has 7 heteroatoms. The molecule has 1 atom stereocenters. The Morgan fingerprint density at radius 1 is 1.37 bits per heavy atom. The van der Waals surface area contributed by atoms with Gasteiger partial charge in [0.15, 0.2) is 0 Å². The van der Waals surface area contributed by atoms with Gasteiger partial charge in [-0.1, -0.05) is 6.07 Å². The number of hydrogen-bond donors (Lipinski definition) is 1. The molecule has 0 saturated heterocycles. The van der Waals surface area contributed by atoms with E-state index in [9.17, 15) is 22.3 Å². The Balaban J connectivity index is 2.61. The highest BCUT2D eigenvalue weighted by atomic mass is 32.2. The Morgan fingerprint density at radius 3 is 2.53 bits per heavy atom. The molecular formula is C12H17F2NO3S. The first kappa shape index (κ1) is 16.0. The average molecular weight is 293 g/mol. The number of aliphatic hydroxyl groups excluding tert-OH is 1. The van der Waals surface area contributed by atoms with E-state index in [0.717, 1.165) is 12.3 Å². The van der Waals surface area contributed by atoms with Gasteiger partial charge in [0.25, 0.3) is 0 Å². The molecule has 19 heavy (non-hydrogen) atoms. The van der Waals surface area contributed by atoms with Gasteiger partial charge in [-0.25, -0.2) is 17.2 Å². The summed E-state index contributed by atoms with van der Waals surface area (Å²) < 4.78 is 48.1. The second-order valence-electron chi connectivity index (χ2n) is 4.57. The quantitative estimate of drug-likeness (QED) is 0.849. The van der Waals surface area contributed by atoms with Crippen molar-refractivity contribution in [3.8, 4) is 0 Å². The molecule has 1 N–H and O–H groups in total. The number of sulfone groups is 1. The van der Waals surface area contributed by atoms with Crippen LogP contribution in [0.5, 0.6) is 0 Å². The van der Waals surface area contributed by atoms with Gasteiger partial charge in [0, 0.05) is 31.0 Å². The van der Waals surface area contributed by atoms with Gasteiger partial charge in [-0.2, -0.15) is 0 Å². The SMILES string of the molecule is CN(CCS(C)(=O)=O)CC(O)c1ccc(F)cc1F. The summed E-state index contributed by atoms with van der Waals surface area (Å²) >= 11 is 0. The predicted octanol–water partition coefficient (Wildman–Crippen LogP) is 0.975. The van der Waals surface area contributed by atoms with Gasteiger partial charge < -0.3 is 10.0 Å². The molecule has 108 valence electrons. The Kier molecular flexibility index (Phi) is 5.39. The summed E-state index contributed by atoms with van der Waals surface area (Å²) in [4.78, 5) is 1.58. The fourth-order valence-corrected chi connectivity index (χ4v) is 2.22. The van der Waals surface area contributed by atoms with Crippen LogP contribution in [0.25, 0.3) is 0 Å². The lowest BCUT2D eigenvalue weighted by Gasteiger charge is -2.20. The number of aliphatic hydroxyl groups is 1. The molecule has 1 aromatic carbocycles. The van der Waals surface area contributed by atoms with Gasteiger partial charge in [0.2, 0.25) is 0 Å². The van der Waals surface area contributed by atoms with E-state index in [4.69, 9.17) is 0 Å². The highest BCUT2D eigenvalue weighted by Gasteiger charge is 2.16. The molecule has 0 aliphatic heterocycles. The smallest absolute Gasteiger partial charge is 0.148 e. The lowest BCUT2D eigenvalue weighted by atomic mass is 10.1. The van der Waals surface area contributed by atoms with Crippen molar-refractivity contribution in [3.05, 3.63) is 35.4 Å². The third kappa shape index (κ3) is 5.63. The molecule has 0 fully saturated rings. The van der Waals surface area contributed by atoms with Crippen molar-refractivity contribution >= 4 is 9.84 Å². The van der Waals surface area contributed by atoms with E-state index in [1.165, 1.54) is 6.07 Å². The maximum Gasteiger partial charge on any atom is 0.148 e. The molecule has 0 bridgehead atoms. The summed E-state index contributed by atoms with van der Waals surface area (Å²) in [5.41, 5.74) is -0.00685. The fraction of sp³-hybridized carbons (Fsp3) is 0.500. The zero-order valence-corrected chi connectivity index (χ0v) is 11.6. The molecule has 0 heterocycles. The van der Waals surface area contributed by atoms with E-state index < -0.39 is 27.6 Å². The minimum atomic E-state index is -3.08. The summed E-state index contributed by atoms with van der Waals surface area (Å²) in [5, 5.41) is 9.84. The Hall–Kier alpha value is -1.05. The van der Waals surface area contributed by atoms with Gasteiger partial charge in [-0.05, 0) is 13.1 Å². The van der Waals surface area contributed by atoms with Gasteiger partial charge in [-0.15, -0.1) is 0 Å². The first-order chi connectivity index (χ1) is 8.69. The van der Waals surface area contributed by atoms with Crippen molar-refractivity contribution in [2.24, 2.45) is 0 Å². The van der Waals surface area contributed by atoms with Crippen LogP contribution in [-0.4, -0.2) is 50.6 Å². The van der Waals surface area contributed by atoms with Crippen LogP contribution in [0, 0.1) is 11.6 Å². The zero-order chi connectivity index (χ0) is 14.6. The van der Waals surface area contributed by atoms with Crippen LogP contribution in [0.15, 0.2) is 18.2 Å². The van der Waals surface area contributed by atoms with Crippen LogP contribution in [0.2, 0.25) is 0 Å². The maximum absolute atomic E-state index is 13.4. The predicted molar refractivity (Wildman–Crippen MR) is 68.5 cm³/mol.